The standard InChI is InChI=1S/C21H18F3IN5O4P/c1-12-2-3-14(18-28-20(34-29-18)21(22,23)24)9-15(12)27-19(31)16-10-26-17-8-13(4-5-30(16)17)11-32-6-7-33-35-25/h2-5,8-10,35H,6-7,11H2,1H3,(H,27,31). The number of benzene rings is 1. The van der Waals surface area contributed by atoms with Gasteiger partial charge < -0.3 is 19.1 Å². The fourth-order valence-corrected chi connectivity index (χ4v) is 3.97. The number of carbonyl (C=O) groups excluding carboxylic acids is 1. The van der Waals surface area contributed by atoms with Gasteiger partial charge in [0.05, 0.1) is 32.5 Å². The van der Waals surface area contributed by atoms with Crippen LogP contribution in [0.5, 0.6) is 0 Å². The lowest BCUT2D eigenvalue weighted by molar-refractivity contribution is -0.159. The highest BCUT2D eigenvalue weighted by atomic mass is 127. The van der Waals surface area contributed by atoms with Gasteiger partial charge in [0.15, 0.2) is 0 Å². The number of hydrogen-bond acceptors (Lipinski definition) is 7. The first-order valence-corrected chi connectivity index (χ1v) is 14.1. The SMILES string of the molecule is Cc1ccc(-c2noc(C(F)(F)F)n2)cc1NC(=O)c1cnc2cc(COCCOPI)ccn12. The van der Waals surface area contributed by atoms with Crippen molar-refractivity contribution in [3.05, 3.63) is 65.4 Å². The number of imidazole rings is 1. The fraction of sp³-hybridized carbons (Fsp3) is 0.238. The van der Waals surface area contributed by atoms with Crippen LogP contribution in [0.15, 0.2) is 47.2 Å². The Kier molecular flexibility index (Phi) is 7.99. The molecule has 1 N–H and O–H groups in total. The number of nitrogens with zero attached hydrogens (tertiary/aromatic N) is 4. The van der Waals surface area contributed by atoms with Gasteiger partial charge in [-0.25, -0.2) is 4.98 Å². The highest BCUT2D eigenvalue weighted by Gasteiger charge is 2.38. The summed E-state index contributed by atoms with van der Waals surface area (Å²) in [7, 11) is 0. The van der Waals surface area contributed by atoms with E-state index in [0.29, 0.717) is 43.2 Å². The Bertz CT molecular complexity index is 1340. The van der Waals surface area contributed by atoms with Crippen LogP contribution < -0.4 is 5.32 Å². The Balaban J connectivity index is 1.49. The molecule has 1 unspecified atom stereocenters. The average Bonchev–Trinajstić information content (AvgIpc) is 3.48. The van der Waals surface area contributed by atoms with Gasteiger partial charge in [-0.1, -0.05) is 17.3 Å². The lowest BCUT2D eigenvalue weighted by Gasteiger charge is -2.10. The van der Waals surface area contributed by atoms with Crippen molar-refractivity contribution in [3.63, 3.8) is 0 Å². The Morgan fingerprint density at radius 2 is 2.09 bits per heavy atom. The van der Waals surface area contributed by atoms with Crippen molar-refractivity contribution < 1.29 is 31.7 Å². The molecule has 0 saturated heterocycles. The van der Waals surface area contributed by atoms with E-state index in [1.165, 1.54) is 12.3 Å². The highest BCUT2D eigenvalue weighted by molar-refractivity contribution is 14.2. The van der Waals surface area contributed by atoms with Crippen molar-refractivity contribution in [2.24, 2.45) is 0 Å². The van der Waals surface area contributed by atoms with Gasteiger partial charge in [0.2, 0.25) is 5.82 Å². The third-order valence-corrected chi connectivity index (χ3v) is 6.12. The van der Waals surface area contributed by atoms with Gasteiger partial charge in [-0.3, -0.25) is 9.20 Å². The molecule has 0 saturated carbocycles. The van der Waals surface area contributed by atoms with Crippen molar-refractivity contribution in [1.29, 1.82) is 0 Å². The monoisotopic (exact) mass is 619 g/mol. The number of anilines is 1. The summed E-state index contributed by atoms with van der Waals surface area (Å²) in [5.41, 5.74) is 3.10. The minimum Gasteiger partial charge on any atom is -0.374 e. The highest BCUT2D eigenvalue weighted by Crippen LogP contribution is 2.30. The number of halogens is 4. The van der Waals surface area contributed by atoms with E-state index in [-0.39, 0.29) is 17.1 Å². The molecule has 0 spiro atoms. The topological polar surface area (TPSA) is 104 Å². The van der Waals surface area contributed by atoms with Crippen molar-refractivity contribution >= 4 is 45.7 Å². The van der Waals surface area contributed by atoms with E-state index in [4.69, 9.17) is 9.26 Å². The van der Waals surface area contributed by atoms with Crippen LogP contribution in [0.25, 0.3) is 17.0 Å². The van der Waals surface area contributed by atoms with Gasteiger partial charge in [0.25, 0.3) is 5.91 Å². The van der Waals surface area contributed by atoms with Crippen molar-refractivity contribution in [1.82, 2.24) is 19.5 Å². The van der Waals surface area contributed by atoms with Gasteiger partial charge >= 0.3 is 12.1 Å². The molecule has 1 aromatic carbocycles. The van der Waals surface area contributed by atoms with Crippen LogP contribution in [-0.4, -0.2) is 38.6 Å². The average molecular weight is 619 g/mol. The molecule has 9 nitrogen and oxygen atoms in total. The molecule has 0 aliphatic heterocycles. The molecule has 3 aromatic heterocycles. The predicted octanol–water partition coefficient (Wildman–Crippen LogP) is 5.44. The second kappa shape index (κ2) is 11.0. The van der Waals surface area contributed by atoms with E-state index >= 15 is 0 Å². The molecule has 1 amide bonds. The van der Waals surface area contributed by atoms with Gasteiger partial charge in [-0.05, 0) is 58.3 Å². The molecule has 1 atom stereocenters. The molecular formula is C21H18F3IN5O4P. The number of aromatic nitrogens is 4. The Morgan fingerprint density at radius 3 is 2.83 bits per heavy atom. The van der Waals surface area contributed by atoms with E-state index in [1.807, 2.05) is 12.1 Å². The molecule has 4 aromatic rings. The van der Waals surface area contributed by atoms with Gasteiger partial charge in [0.1, 0.15) is 11.3 Å². The first kappa shape index (κ1) is 25.5. The van der Waals surface area contributed by atoms with Crippen LogP contribution in [0.2, 0.25) is 0 Å². The van der Waals surface area contributed by atoms with E-state index in [0.717, 1.165) is 5.56 Å². The maximum Gasteiger partial charge on any atom is 0.471 e. The summed E-state index contributed by atoms with van der Waals surface area (Å²) in [5.74, 6) is -2.12. The number of alkyl halides is 3. The van der Waals surface area contributed by atoms with E-state index < -0.39 is 18.0 Å². The van der Waals surface area contributed by atoms with Crippen molar-refractivity contribution in [2.45, 2.75) is 19.7 Å². The van der Waals surface area contributed by atoms with Crippen LogP contribution in [-0.2, 0) is 22.0 Å². The minimum absolute atomic E-state index is 0.237. The molecule has 184 valence electrons. The number of rotatable bonds is 9. The van der Waals surface area contributed by atoms with Crippen LogP contribution in [0.3, 0.4) is 0 Å². The normalized spacial score (nSPS) is 12.1. The molecule has 3 heterocycles. The predicted molar refractivity (Wildman–Crippen MR) is 131 cm³/mol. The largest absolute Gasteiger partial charge is 0.471 e. The molecular weight excluding hydrogens is 601 g/mol. The summed E-state index contributed by atoms with van der Waals surface area (Å²) < 4.78 is 55.1. The quantitative estimate of drug-likeness (QED) is 0.151. The Morgan fingerprint density at radius 1 is 1.26 bits per heavy atom. The lowest BCUT2D eigenvalue weighted by Crippen LogP contribution is -2.15. The maximum absolute atomic E-state index is 13.0. The van der Waals surface area contributed by atoms with E-state index in [2.05, 4.69) is 47.0 Å². The summed E-state index contributed by atoms with van der Waals surface area (Å²) >= 11 is 2.14. The molecule has 0 aliphatic carbocycles. The minimum atomic E-state index is -4.74. The number of ether oxygens (including phenoxy) is 1. The third-order valence-electron chi connectivity index (χ3n) is 4.88. The summed E-state index contributed by atoms with van der Waals surface area (Å²) in [4.78, 5) is 20.7. The zero-order valence-electron chi connectivity index (χ0n) is 18.1. The smallest absolute Gasteiger partial charge is 0.374 e. The number of amides is 1. The summed E-state index contributed by atoms with van der Waals surface area (Å²) in [5, 5.41) is 6.16. The van der Waals surface area contributed by atoms with Crippen LogP contribution in [0.4, 0.5) is 18.9 Å². The molecule has 35 heavy (non-hydrogen) atoms. The first-order chi connectivity index (χ1) is 16.8. The van der Waals surface area contributed by atoms with Crippen LogP contribution in [0, 0.1) is 6.92 Å². The number of fused-ring (bicyclic) bond motifs is 1. The Hall–Kier alpha value is -2.61. The van der Waals surface area contributed by atoms with Crippen LogP contribution in [0.1, 0.15) is 27.5 Å². The summed E-state index contributed by atoms with van der Waals surface area (Å²) in [6.45, 7) is 3.52. The van der Waals surface area contributed by atoms with Gasteiger partial charge in [-0.15, -0.1) is 0 Å². The second-order valence-electron chi connectivity index (χ2n) is 7.29. The maximum atomic E-state index is 13.0. The van der Waals surface area contributed by atoms with Crippen molar-refractivity contribution in [3.8, 4) is 11.4 Å². The molecule has 0 radical (unpaired) electrons. The number of hydrogen-bond donors (Lipinski definition) is 1. The summed E-state index contributed by atoms with van der Waals surface area (Å²) in [6, 6.07) is 8.31. The second-order valence-corrected chi connectivity index (χ2v) is 9.05. The van der Waals surface area contributed by atoms with Crippen molar-refractivity contribution in [2.75, 3.05) is 18.5 Å². The number of pyridine rings is 1. The number of carbonyl (C=O) groups is 1. The molecule has 14 heteroatoms. The van der Waals surface area contributed by atoms with E-state index in [1.54, 1.807) is 29.7 Å². The molecule has 0 aliphatic rings. The van der Waals surface area contributed by atoms with E-state index in [9.17, 15) is 18.0 Å². The molecule has 0 bridgehead atoms. The molecule has 4 rings (SSSR count). The molecule has 0 fully saturated rings. The fourth-order valence-electron chi connectivity index (χ4n) is 3.15. The third kappa shape index (κ3) is 6.15. The first-order valence-electron chi connectivity index (χ1n) is 10.1. The lowest BCUT2D eigenvalue weighted by atomic mass is 10.1. The van der Waals surface area contributed by atoms with Gasteiger partial charge in [-0.2, -0.15) is 18.2 Å². The summed E-state index contributed by atoms with van der Waals surface area (Å²) in [6.07, 6.45) is -1.58. The number of nitrogens with one attached hydrogen (secondary N) is 1. The Labute approximate surface area is 211 Å². The number of aryl methyl sites for hydroxylation is 1. The van der Waals surface area contributed by atoms with Gasteiger partial charge in [0, 0.05) is 17.4 Å². The zero-order valence-corrected chi connectivity index (χ0v) is 21.3. The van der Waals surface area contributed by atoms with Crippen LogP contribution >= 0.6 is 28.5 Å². The zero-order chi connectivity index (χ0) is 25.0.